The molecule has 2 N–H and O–H groups in total. The number of pyridine rings is 2. The summed E-state index contributed by atoms with van der Waals surface area (Å²) in [5.74, 6) is -1.81. The van der Waals surface area contributed by atoms with Crippen molar-refractivity contribution in [2.75, 3.05) is 0 Å². The van der Waals surface area contributed by atoms with Gasteiger partial charge >= 0.3 is 11.9 Å². The Morgan fingerprint density at radius 3 is 2.03 bits per heavy atom. The van der Waals surface area contributed by atoms with Crippen LogP contribution in [0.2, 0.25) is 0 Å². The van der Waals surface area contributed by atoms with Crippen molar-refractivity contribution in [3.05, 3.63) is 142 Å². The zero-order chi connectivity index (χ0) is 46.9. The number of hydrogen-bond donors (Lipinski definition) is 2. The van der Waals surface area contributed by atoms with Gasteiger partial charge in [0.2, 0.25) is 0 Å². The number of ether oxygens (including phenoxy) is 1. The number of aromatic nitrogens is 2. The van der Waals surface area contributed by atoms with Gasteiger partial charge in [-0.2, -0.15) is 0 Å². The van der Waals surface area contributed by atoms with Crippen LogP contribution in [0.15, 0.2) is 108 Å². The second kappa shape index (κ2) is 17.3. The fourth-order valence-corrected chi connectivity index (χ4v) is 14.3. The third-order valence-electron chi connectivity index (χ3n) is 13.5. The van der Waals surface area contributed by atoms with Crippen LogP contribution in [-0.4, -0.2) is 45.8 Å². The quantitative estimate of drug-likeness (QED) is 0.129. The smallest absolute Gasteiger partial charge is 0.336 e. The molecule has 1 fully saturated rings. The Labute approximate surface area is 396 Å². The molecule has 1 aliphatic carbocycles. The highest BCUT2D eigenvalue weighted by molar-refractivity contribution is 7.92. The first kappa shape index (κ1) is 44.4. The molecule has 0 spiro atoms. The molecular weight excluding hydrogens is 897 g/mol. The van der Waals surface area contributed by atoms with Gasteiger partial charge in [-0.05, 0) is 139 Å². The highest BCUT2D eigenvalue weighted by atomic mass is 32.2. The number of thiophene rings is 2. The van der Waals surface area contributed by atoms with Crippen molar-refractivity contribution in [2.45, 2.75) is 89.4 Å². The highest BCUT2D eigenvalue weighted by Crippen LogP contribution is 2.44. The van der Waals surface area contributed by atoms with Gasteiger partial charge in [-0.1, -0.05) is 86.8 Å². The van der Waals surface area contributed by atoms with Crippen molar-refractivity contribution in [3.63, 3.8) is 0 Å². The fourth-order valence-electron chi connectivity index (χ4n) is 9.85. The maximum Gasteiger partial charge on any atom is 0.336 e. The highest BCUT2D eigenvalue weighted by Gasteiger charge is 2.33. The van der Waals surface area contributed by atoms with E-state index in [4.69, 9.17) is 14.7 Å². The molecule has 0 radical (unpaired) electrons. The molecule has 12 heteroatoms. The maximum absolute atomic E-state index is 14.1. The van der Waals surface area contributed by atoms with Crippen molar-refractivity contribution in [1.29, 1.82) is 0 Å². The van der Waals surface area contributed by atoms with Gasteiger partial charge in [0.1, 0.15) is 11.9 Å². The molecule has 4 heterocycles. The Morgan fingerprint density at radius 2 is 1.34 bits per heavy atom. The summed E-state index contributed by atoms with van der Waals surface area (Å²) in [6, 6.07) is 32.9. The molecule has 0 aliphatic heterocycles. The number of rotatable bonds is 11. The van der Waals surface area contributed by atoms with Gasteiger partial charge in [0.25, 0.3) is 0 Å². The summed E-state index contributed by atoms with van der Waals surface area (Å²) < 4.78 is 37.0. The van der Waals surface area contributed by atoms with E-state index in [1.165, 1.54) is 11.3 Å². The van der Waals surface area contributed by atoms with E-state index in [9.17, 15) is 28.2 Å². The zero-order valence-corrected chi connectivity index (χ0v) is 40.2. The number of nitrogens with zero attached hydrogens (tertiary/aromatic N) is 2. The molecule has 10 rings (SSSR count). The first-order valence-corrected chi connectivity index (χ1v) is 25.8. The number of carboxylic acid groups (broad SMARTS) is 2. The van der Waals surface area contributed by atoms with Gasteiger partial charge in [0.05, 0.1) is 58.8 Å². The fraction of sp³-hybridized carbons (Fsp3) is 0.236. The van der Waals surface area contributed by atoms with Gasteiger partial charge in [0.15, 0.2) is 9.84 Å². The normalized spacial score (nSPS) is 14.0. The lowest BCUT2D eigenvalue weighted by molar-refractivity contribution is 0.0688. The van der Waals surface area contributed by atoms with Crippen molar-refractivity contribution < 1.29 is 33.0 Å². The van der Waals surface area contributed by atoms with Crippen LogP contribution in [0.25, 0.3) is 74.2 Å². The van der Waals surface area contributed by atoms with Gasteiger partial charge in [-0.3, -0.25) is 0 Å². The Morgan fingerprint density at radius 1 is 0.701 bits per heavy atom. The minimum Gasteiger partial charge on any atom is -0.485 e. The second-order valence-electron chi connectivity index (χ2n) is 17.6. The van der Waals surface area contributed by atoms with Crippen molar-refractivity contribution in [1.82, 2.24) is 9.97 Å². The molecule has 338 valence electrons. The van der Waals surface area contributed by atoms with Crippen LogP contribution in [0.3, 0.4) is 0 Å². The predicted octanol–water partition coefficient (Wildman–Crippen LogP) is 14.3. The van der Waals surface area contributed by atoms with Crippen LogP contribution in [-0.2, 0) is 16.3 Å². The van der Waals surface area contributed by atoms with E-state index in [1.54, 1.807) is 35.6 Å². The molecule has 1 atom stereocenters. The van der Waals surface area contributed by atoms with Crippen molar-refractivity contribution >= 4 is 86.4 Å². The van der Waals surface area contributed by atoms with Gasteiger partial charge in [-0.15, -0.1) is 22.7 Å². The standard InChI is InChI=1S/C55H48N2O7S3/c1-6-33-21-24-47(67(62,63)37-15-8-7-9-16-37)49-41(55(60)61)28-43(57-51(33)49)53-31(4)39-22-20-36(26-46(39)66-53)35-14-12-13-34(25-35)32(5)64-44-23-19-29(2)50-48(44)40(54(58)59)27-42(56-50)52-30(3)38-17-10-11-18-45(38)65-52/h10-14,17-28,32,37H,6-9,15-16H2,1-5H3,(H,58,59)(H,60,61)/t32-/m0/s1. The molecule has 0 saturated heterocycles. The topological polar surface area (TPSA) is 144 Å². The number of aromatic carboxylic acids is 2. The number of sulfone groups is 1. The summed E-state index contributed by atoms with van der Waals surface area (Å²) in [6.07, 6.45) is 3.93. The molecule has 9 nitrogen and oxygen atoms in total. The third kappa shape index (κ3) is 7.74. The van der Waals surface area contributed by atoms with Crippen molar-refractivity contribution in [2.24, 2.45) is 0 Å². The molecule has 5 aromatic carbocycles. The van der Waals surface area contributed by atoms with Gasteiger partial charge < -0.3 is 14.9 Å². The minimum absolute atomic E-state index is 0.0588. The number of aryl methyl sites for hydroxylation is 4. The Balaban J connectivity index is 0.988. The average molecular weight is 945 g/mol. The number of hydrogen-bond acceptors (Lipinski definition) is 9. The lowest BCUT2D eigenvalue weighted by Crippen LogP contribution is -2.24. The lowest BCUT2D eigenvalue weighted by atomic mass is 9.99. The van der Waals surface area contributed by atoms with Crippen LogP contribution in [0.5, 0.6) is 5.75 Å². The molecule has 4 aromatic heterocycles. The molecule has 0 amide bonds. The second-order valence-corrected chi connectivity index (χ2v) is 21.9. The van der Waals surface area contributed by atoms with E-state index in [0.29, 0.717) is 52.8 Å². The average Bonchev–Trinajstić information content (AvgIpc) is 3.86. The Hall–Kier alpha value is -6.47. The number of carboxylic acids is 2. The predicted molar refractivity (Wildman–Crippen MR) is 271 cm³/mol. The summed E-state index contributed by atoms with van der Waals surface area (Å²) in [7, 11) is -3.79. The van der Waals surface area contributed by atoms with Gasteiger partial charge in [0, 0.05) is 14.8 Å². The summed E-state index contributed by atoms with van der Waals surface area (Å²) in [6.45, 7) is 9.91. The molecular formula is C55H48N2O7S3. The van der Waals surface area contributed by atoms with Crippen molar-refractivity contribution in [3.8, 4) is 38.0 Å². The largest absolute Gasteiger partial charge is 0.485 e. The molecule has 1 saturated carbocycles. The third-order valence-corrected chi connectivity index (χ3v) is 18.4. The van der Waals surface area contributed by atoms with Crippen LogP contribution in [0, 0.1) is 20.8 Å². The zero-order valence-electron chi connectivity index (χ0n) is 37.8. The van der Waals surface area contributed by atoms with E-state index in [2.05, 4.69) is 36.4 Å². The summed E-state index contributed by atoms with van der Waals surface area (Å²) in [4.78, 5) is 38.0. The summed E-state index contributed by atoms with van der Waals surface area (Å²) >= 11 is 3.14. The van der Waals surface area contributed by atoms with Crippen LogP contribution < -0.4 is 4.74 Å². The van der Waals surface area contributed by atoms with E-state index in [-0.39, 0.29) is 21.4 Å². The number of carbonyl (C=O) groups is 2. The molecule has 9 aromatic rings. The maximum atomic E-state index is 14.1. The van der Waals surface area contributed by atoms with Crippen LogP contribution in [0.1, 0.15) is 101 Å². The first-order valence-electron chi connectivity index (χ1n) is 22.6. The molecule has 0 unspecified atom stereocenters. The number of fused-ring (bicyclic) bond motifs is 4. The molecule has 67 heavy (non-hydrogen) atoms. The van der Waals surface area contributed by atoms with E-state index >= 15 is 0 Å². The lowest BCUT2D eigenvalue weighted by Gasteiger charge is -2.23. The summed E-state index contributed by atoms with van der Waals surface area (Å²) in [5, 5.41) is 23.5. The Bertz CT molecular complexity index is 3620. The molecule has 1 aliphatic rings. The number of benzene rings is 5. The molecule has 0 bridgehead atoms. The van der Waals surface area contributed by atoms with E-state index in [1.807, 2.05) is 77.1 Å². The first-order chi connectivity index (χ1) is 32.2. The minimum atomic E-state index is -3.79. The van der Waals surface area contributed by atoms with E-state index in [0.717, 1.165) is 88.1 Å². The van der Waals surface area contributed by atoms with Crippen LogP contribution >= 0.6 is 22.7 Å². The Kier molecular flexibility index (Phi) is 11.5. The SMILES string of the molecule is CCc1ccc(S(=O)(=O)C2CCCCC2)c2c(C(=O)O)cc(-c3sc4cc(-c5cccc([C@H](C)Oc6ccc(C)c7nc(-c8sc9ccccc9c8C)cc(C(=O)O)c67)c5)ccc4c3C)nc12. The summed E-state index contributed by atoms with van der Waals surface area (Å²) in [5.41, 5.74) is 8.69. The van der Waals surface area contributed by atoms with Crippen LogP contribution in [0.4, 0.5) is 0 Å². The van der Waals surface area contributed by atoms with E-state index < -0.39 is 33.1 Å². The van der Waals surface area contributed by atoms with Gasteiger partial charge in [-0.25, -0.2) is 28.0 Å². The monoisotopic (exact) mass is 944 g/mol.